The van der Waals surface area contributed by atoms with Crippen LogP contribution in [0.4, 0.5) is 0 Å². The molecule has 3 N–H and O–H groups in total. The maximum absolute atomic E-state index is 11.8. The molecule has 0 aliphatic rings. The lowest BCUT2D eigenvalue weighted by Crippen LogP contribution is -3.09. The molecule has 1 aromatic carbocycles. The molecule has 0 aliphatic heterocycles. The number of quaternary nitrogens is 1. The molecule has 21 heavy (non-hydrogen) atoms. The van der Waals surface area contributed by atoms with Crippen molar-refractivity contribution in [3.8, 4) is 0 Å². The van der Waals surface area contributed by atoms with Gasteiger partial charge in [-0.15, -0.1) is 0 Å². The Morgan fingerprint density at radius 1 is 1.14 bits per heavy atom. The van der Waals surface area contributed by atoms with Crippen LogP contribution >= 0.6 is 11.3 Å². The molecule has 6 heteroatoms. The Kier molecular flexibility index (Phi) is 5.48. The van der Waals surface area contributed by atoms with E-state index in [1.54, 1.807) is 35.6 Å². The molecule has 1 heterocycles. The number of hydrogen-bond acceptors (Lipinski definition) is 3. The number of nitrogens with one attached hydrogen (secondary N) is 3. The van der Waals surface area contributed by atoms with Gasteiger partial charge in [-0.1, -0.05) is 18.2 Å². The van der Waals surface area contributed by atoms with Crippen molar-refractivity contribution in [1.82, 2.24) is 10.9 Å². The van der Waals surface area contributed by atoms with Crippen molar-refractivity contribution in [2.45, 2.75) is 6.54 Å². The number of likely N-dealkylation sites (N-methyl/N-ethyl adjacent to an activating group) is 1. The van der Waals surface area contributed by atoms with Crippen LogP contribution in [0.25, 0.3) is 0 Å². The molecule has 0 saturated heterocycles. The maximum atomic E-state index is 11.8. The second-order valence-electron chi connectivity index (χ2n) is 4.81. The highest BCUT2D eigenvalue weighted by Crippen LogP contribution is 2.03. The predicted molar refractivity (Wildman–Crippen MR) is 81.8 cm³/mol. The van der Waals surface area contributed by atoms with Crippen LogP contribution < -0.4 is 15.8 Å². The van der Waals surface area contributed by atoms with Gasteiger partial charge in [0.25, 0.3) is 11.8 Å². The largest absolute Gasteiger partial charge is 0.326 e. The molecule has 0 spiro atoms. The Labute approximate surface area is 127 Å². The minimum atomic E-state index is -0.320. The lowest BCUT2D eigenvalue weighted by molar-refractivity contribution is -0.885. The van der Waals surface area contributed by atoms with Crippen molar-refractivity contribution in [2.24, 2.45) is 0 Å². The van der Waals surface area contributed by atoms with Crippen molar-refractivity contribution >= 4 is 23.2 Å². The van der Waals surface area contributed by atoms with Crippen LogP contribution in [0, 0.1) is 0 Å². The zero-order valence-corrected chi connectivity index (χ0v) is 12.6. The molecule has 0 fully saturated rings. The number of amides is 2. The molecule has 0 bridgehead atoms. The van der Waals surface area contributed by atoms with E-state index in [-0.39, 0.29) is 11.8 Å². The molecule has 0 aliphatic carbocycles. The molecule has 2 aromatic rings. The van der Waals surface area contributed by atoms with Gasteiger partial charge >= 0.3 is 0 Å². The normalized spacial score (nSPS) is 11.7. The summed E-state index contributed by atoms with van der Waals surface area (Å²) in [7, 11) is 1.94. The number of carbonyl (C=O) groups is 2. The van der Waals surface area contributed by atoms with E-state index >= 15 is 0 Å². The van der Waals surface area contributed by atoms with Crippen LogP contribution in [0.5, 0.6) is 0 Å². The zero-order valence-electron chi connectivity index (χ0n) is 11.8. The molecular weight excluding hydrogens is 286 g/mol. The standard InChI is InChI=1S/C15H17N3O2S/c1-18(9-12-7-8-21-11-12)10-14(19)16-17-15(20)13-5-3-2-4-6-13/h2-8,11H,9-10H2,1H3,(H,16,19)(H,17,20)/p+1. The van der Waals surface area contributed by atoms with Crippen molar-refractivity contribution in [3.63, 3.8) is 0 Å². The van der Waals surface area contributed by atoms with E-state index in [0.717, 1.165) is 11.4 Å². The van der Waals surface area contributed by atoms with Gasteiger partial charge in [0.1, 0.15) is 6.54 Å². The minimum absolute atomic E-state index is 0.216. The third-order valence-corrected chi connectivity index (χ3v) is 3.63. The third kappa shape index (κ3) is 5.02. The van der Waals surface area contributed by atoms with E-state index in [0.29, 0.717) is 12.1 Å². The van der Waals surface area contributed by atoms with Gasteiger partial charge in [0.15, 0.2) is 6.54 Å². The molecule has 1 unspecified atom stereocenters. The Morgan fingerprint density at radius 2 is 1.90 bits per heavy atom. The summed E-state index contributed by atoms with van der Waals surface area (Å²) in [5.74, 6) is -0.536. The van der Waals surface area contributed by atoms with E-state index < -0.39 is 0 Å². The van der Waals surface area contributed by atoms with E-state index in [9.17, 15) is 9.59 Å². The quantitative estimate of drug-likeness (QED) is 0.692. The molecule has 1 atom stereocenters. The average molecular weight is 304 g/mol. The molecule has 110 valence electrons. The van der Waals surface area contributed by atoms with Crippen molar-refractivity contribution in [2.75, 3.05) is 13.6 Å². The second-order valence-corrected chi connectivity index (χ2v) is 5.59. The van der Waals surface area contributed by atoms with Gasteiger partial charge in [-0.3, -0.25) is 20.4 Å². The molecule has 1 aromatic heterocycles. The van der Waals surface area contributed by atoms with Crippen molar-refractivity contribution < 1.29 is 14.5 Å². The first-order chi connectivity index (χ1) is 10.1. The van der Waals surface area contributed by atoms with E-state index in [2.05, 4.69) is 16.2 Å². The second kappa shape index (κ2) is 7.56. The van der Waals surface area contributed by atoms with Gasteiger partial charge in [-0.25, -0.2) is 0 Å². The Morgan fingerprint density at radius 3 is 2.57 bits per heavy atom. The summed E-state index contributed by atoms with van der Waals surface area (Å²) in [6, 6.07) is 10.8. The predicted octanol–water partition coefficient (Wildman–Crippen LogP) is 0.224. The minimum Gasteiger partial charge on any atom is -0.326 e. The van der Waals surface area contributed by atoms with E-state index in [4.69, 9.17) is 0 Å². The summed E-state index contributed by atoms with van der Waals surface area (Å²) in [5, 5.41) is 4.08. The van der Waals surface area contributed by atoms with E-state index in [1.165, 1.54) is 5.56 Å². The fourth-order valence-corrected chi connectivity index (χ4v) is 2.58. The Hall–Kier alpha value is -2.18. The first-order valence-corrected chi connectivity index (χ1v) is 7.56. The summed E-state index contributed by atoms with van der Waals surface area (Å²) >= 11 is 1.64. The van der Waals surface area contributed by atoms with Gasteiger partial charge in [0, 0.05) is 11.1 Å². The monoisotopic (exact) mass is 304 g/mol. The molecule has 5 nitrogen and oxygen atoms in total. The molecule has 0 saturated carbocycles. The fraction of sp³-hybridized carbons (Fsp3) is 0.200. The summed E-state index contributed by atoms with van der Waals surface area (Å²) in [5.41, 5.74) is 6.57. The highest BCUT2D eigenvalue weighted by molar-refractivity contribution is 7.07. The molecule has 2 amide bonds. The van der Waals surface area contributed by atoms with Crippen LogP contribution in [0.15, 0.2) is 47.2 Å². The SMILES string of the molecule is C[NH+](CC(=O)NNC(=O)c1ccccc1)Cc1ccsc1. The summed E-state index contributed by atoms with van der Waals surface area (Å²) < 4.78 is 0. The van der Waals surface area contributed by atoms with Gasteiger partial charge in [-0.05, 0) is 29.0 Å². The van der Waals surface area contributed by atoms with Crippen molar-refractivity contribution in [1.29, 1.82) is 0 Å². The topological polar surface area (TPSA) is 62.6 Å². The summed E-state index contributed by atoms with van der Waals surface area (Å²) in [4.78, 5) is 24.6. The number of benzene rings is 1. The van der Waals surface area contributed by atoms with Gasteiger partial charge in [-0.2, -0.15) is 11.3 Å². The van der Waals surface area contributed by atoms with Crippen LogP contribution in [0.3, 0.4) is 0 Å². The first-order valence-electron chi connectivity index (χ1n) is 6.62. The highest BCUT2D eigenvalue weighted by Gasteiger charge is 2.12. The molecule has 2 rings (SSSR count). The van der Waals surface area contributed by atoms with Crippen LogP contribution in [-0.2, 0) is 11.3 Å². The zero-order chi connectivity index (χ0) is 15.1. The van der Waals surface area contributed by atoms with Gasteiger partial charge in [0.05, 0.1) is 7.05 Å². The van der Waals surface area contributed by atoms with Gasteiger partial charge in [0.2, 0.25) is 0 Å². The Bertz CT molecular complexity index is 584. The third-order valence-electron chi connectivity index (χ3n) is 2.90. The number of thiophene rings is 1. The van der Waals surface area contributed by atoms with Gasteiger partial charge < -0.3 is 4.90 Å². The maximum Gasteiger partial charge on any atom is 0.293 e. The average Bonchev–Trinajstić information content (AvgIpc) is 2.98. The fourth-order valence-electron chi connectivity index (χ4n) is 1.91. The smallest absolute Gasteiger partial charge is 0.293 e. The first kappa shape index (κ1) is 15.2. The van der Waals surface area contributed by atoms with Crippen LogP contribution in [-0.4, -0.2) is 25.4 Å². The number of carbonyl (C=O) groups excluding carboxylic acids is 2. The lowest BCUT2D eigenvalue weighted by Gasteiger charge is -2.13. The van der Waals surface area contributed by atoms with Crippen molar-refractivity contribution in [3.05, 3.63) is 58.3 Å². The van der Waals surface area contributed by atoms with E-state index in [1.807, 2.05) is 24.6 Å². The van der Waals surface area contributed by atoms with Crippen LogP contribution in [0.1, 0.15) is 15.9 Å². The lowest BCUT2D eigenvalue weighted by atomic mass is 10.2. The Balaban J connectivity index is 1.73. The highest BCUT2D eigenvalue weighted by atomic mass is 32.1. The van der Waals surface area contributed by atoms with Crippen LogP contribution in [0.2, 0.25) is 0 Å². The molecule has 0 radical (unpaired) electrons. The number of rotatable bonds is 5. The molecular formula is C15H18N3O2S+. The summed E-state index contributed by atoms with van der Waals surface area (Å²) in [6.45, 7) is 1.08. The number of hydrazine groups is 1. The summed E-state index contributed by atoms with van der Waals surface area (Å²) in [6.07, 6.45) is 0. The number of hydrogen-bond donors (Lipinski definition) is 3.